The van der Waals surface area contributed by atoms with Crippen LogP contribution in [-0.4, -0.2) is 75.8 Å². The summed E-state index contributed by atoms with van der Waals surface area (Å²) in [5.74, 6) is 0.307. The molecule has 0 bridgehead atoms. The summed E-state index contributed by atoms with van der Waals surface area (Å²) in [6.45, 7) is 2.61. The molecule has 2 aliphatic heterocycles. The van der Waals surface area contributed by atoms with Crippen molar-refractivity contribution in [1.29, 1.82) is 0 Å². The number of anilines is 2. The Labute approximate surface area is 181 Å². The molecule has 4 rings (SSSR count). The predicted molar refractivity (Wildman–Crippen MR) is 110 cm³/mol. The van der Waals surface area contributed by atoms with Crippen LogP contribution in [0.5, 0.6) is 0 Å². The summed E-state index contributed by atoms with van der Waals surface area (Å²) in [6.07, 6.45) is -1.91. The van der Waals surface area contributed by atoms with Crippen molar-refractivity contribution in [3.05, 3.63) is 45.4 Å². The number of aromatic nitrogens is 4. The maximum absolute atomic E-state index is 13.4. The quantitative estimate of drug-likeness (QED) is 0.678. The molecule has 1 fully saturated rings. The first-order chi connectivity index (χ1) is 15.2. The van der Waals surface area contributed by atoms with E-state index in [1.54, 1.807) is 0 Å². The van der Waals surface area contributed by atoms with E-state index in [9.17, 15) is 27.9 Å². The van der Waals surface area contributed by atoms with Crippen molar-refractivity contribution >= 4 is 11.8 Å². The zero-order chi connectivity index (χ0) is 23.3. The van der Waals surface area contributed by atoms with Crippen molar-refractivity contribution in [1.82, 2.24) is 19.5 Å². The number of fused-ring (bicyclic) bond motifs is 1. The highest BCUT2D eigenvalue weighted by molar-refractivity contribution is 5.47. The highest BCUT2D eigenvalue weighted by atomic mass is 19.4. The van der Waals surface area contributed by atoms with Gasteiger partial charge >= 0.3 is 6.18 Å². The molecule has 0 aromatic carbocycles. The molecule has 176 valence electrons. The Morgan fingerprint density at radius 3 is 2.66 bits per heavy atom. The van der Waals surface area contributed by atoms with E-state index in [4.69, 9.17) is 4.74 Å². The number of H-pyrrole nitrogens is 1. The Hall–Kier alpha value is -2.93. The summed E-state index contributed by atoms with van der Waals surface area (Å²) in [5, 5.41) is 9.21. The number of nitrogens with zero attached hydrogens (tertiary/aromatic N) is 5. The van der Waals surface area contributed by atoms with Gasteiger partial charge in [0.2, 0.25) is 5.95 Å². The first kappa shape index (κ1) is 23.7. The third kappa shape index (κ3) is 5.46. The Morgan fingerprint density at radius 1 is 1.31 bits per heavy atom. The van der Waals surface area contributed by atoms with Crippen LogP contribution in [0.4, 0.5) is 24.9 Å². The van der Waals surface area contributed by atoms with E-state index in [2.05, 4.69) is 15.0 Å². The first-order valence-corrected chi connectivity index (χ1v) is 10.1. The Kier molecular flexibility index (Phi) is 7.51. The second-order valence-corrected chi connectivity index (χ2v) is 7.39. The van der Waals surface area contributed by atoms with Gasteiger partial charge < -0.3 is 24.6 Å². The molecule has 13 heteroatoms. The smallest absolute Gasteiger partial charge is 0.395 e. The van der Waals surface area contributed by atoms with Crippen LogP contribution in [0.2, 0.25) is 0 Å². The Balaban J connectivity index is 0.000000352. The van der Waals surface area contributed by atoms with E-state index < -0.39 is 18.8 Å². The number of halogens is 3. The van der Waals surface area contributed by atoms with E-state index in [1.165, 1.54) is 29.2 Å². The highest BCUT2D eigenvalue weighted by Gasteiger charge is 2.46. The van der Waals surface area contributed by atoms with Gasteiger partial charge in [-0.2, -0.15) is 18.2 Å². The van der Waals surface area contributed by atoms with Crippen molar-refractivity contribution in [2.75, 3.05) is 42.7 Å². The molecule has 4 heterocycles. The largest absolute Gasteiger partial charge is 0.408 e. The van der Waals surface area contributed by atoms with Gasteiger partial charge in [0.25, 0.3) is 11.1 Å². The van der Waals surface area contributed by atoms with Gasteiger partial charge in [0.1, 0.15) is 11.9 Å². The average Bonchev–Trinajstić information content (AvgIpc) is 2.75. The zero-order valence-corrected chi connectivity index (χ0v) is 17.5. The minimum absolute atomic E-state index is 0.0306. The molecule has 2 aliphatic rings. The van der Waals surface area contributed by atoms with Crippen molar-refractivity contribution in [3.8, 4) is 0 Å². The third-order valence-electron chi connectivity index (χ3n) is 5.21. The number of aromatic amines is 1. The van der Waals surface area contributed by atoms with Gasteiger partial charge in [-0.15, -0.1) is 0 Å². The Bertz CT molecular complexity index is 994. The van der Waals surface area contributed by atoms with Crippen LogP contribution in [0.25, 0.3) is 0 Å². The number of nitrogens with one attached hydrogen (secondary N) is 1. The van der Waals surface area contributed by atoms with Crippen LogP contribution in [-0.2, 0) is 11.3 Å². The molecule has 0 aliphatic carbocycles. The monoisotopic (exact) mass is 458 g/mol. The van der Waals surface area contributed by atoms with E-state index in [1.807, 2.05) is 11.8 Å². The molecule has 2 N–H and O–H groups in total. The van der Waals surface area contributed by atoms with Crippen molar-refractivity contribution in [2.45, 2.75) is 38.1 Å². The maximum Gasteiger partial charge on any atom is 0.408 e. The topological polar surface area (TPSA) is 117 Å². The molecule has 0 radical (unpaired) electrons. The number of morpholine rings is 1. The summed E-state index contributed by atoms with van der Waals surface area (Å²) in [4.78, 5) is 35.8. The number of aliphatic hydroxyl groups excluding tert-OH is 1. The number of β-amino-alcohol motifs (C(OH)–C–C–N with tert-alkyl or cyclic N) is 1. The standard InChI is InChI=1S/C15H21F3N4O3.C4H4N2O/c1-10-9-25-7-5-20(10)12-8-13(24)22-3-2-11(15(16,17)18)21(4-6-23)14(22)19-12;7-4-1-2-5-3-6-4/h8,10-11,23H,2-7,9H2,1H3;1-3H,(H,5,6,7)/t10-,11+;/m1./s1. The number of ether oxygens (including phenoxy) is 1. The van der Waals surface area contributed by atoms with Crippen LogP contribution in [0.3, 0.4) is 0 Å². The number of alkyl halides is 3. The summed E-state index contributed by atoms with van der Waals surface area (Å²) in [5.41, 5.74) is -0.503. The van der Waals surface area contributed by atoms with Gasteiger partial charge in [0.05, 0.1) is 32.2 Å². The predicted octanol–water partition coefficient (Wildman–Crippen LogP) is 0.372. The molecule has 2 aromatic rings. The molecular weight excluding hydrogens is 433 g/mol. The molecule has 0 amide bonds. The van der Waals surface area contributed by atoms with E-state index in [-0.39, 0.29) is 42.6 Å². The minimum Gasteiger partial charge on any atom is -0.395 e. The van der Waals surface area contributed by atoms with Gasteiger partial charge in [-0.3, -0.25) is 14.2 Å². The first-order valence-electron chi connectivity index (χ1n) is 10.1. The lowest BCUT2D eigenvalue weighted by Gasteiger charge is -2.40. The third-order valence-corrected chi connectivity index (χ3v) is 5.21. The van der Waals surface area contributed by atoms with Gasteiger partial charge in [-0.25, -0.2) is 4.98 Å². The number of aliphatic hydroxyl groups is 1. The van der Waals surface area contributed by atoms with E-state index in [0.29, 0.717) is 25.6 Å². The minimum atomic E-state index is -4.46. The van der Waals surface area contributed by atoms with Crippen molar-refractivity contribution in [2.24, 2.45) is 0 Å². The van der Waals surface area contributed by atoms with Gasteiger partial charge in [-0.05, 0) is 13.3 Å². The molecule has 2 aromatic heterocycles. The van der Waals surface area contributed by atoms with Crippen LogP contribution in [0, 0.1) is 0 Å². The SMILES string of the molecule is C[C@@H]1COCCN1c1cc(=O)n2c(n1)N(CCO)[C@H](C(F)(F)F)CC2.O=c1ccnc[nH]1. The number of hydrogen-bond donors (Lipinski definition) is 2. The molecule has 0 spiro atoms. The molecule has 2 atom stereocenters. The summed E-state index contributed by atoms with van der Waals surface area (Å²) < 4.78 is 46.7. The number of hydrogen-bond acceptors (Lipinski definition) is 8. The van der Waals surface area contributed by atoms with Crippen LogP contribution < -0.4 is 20.9 Å². The maximum atomic E-state index is 13.4. The summed E-state index contributed by atoms with van der Waals surface area (Å²) in [7, 11) is 0. The van der Waals surface area contributed by atoms with Gasteiger partial charge in [0, 0.05) is 38.0 Å². The molecule has 32 heavy (non-hydrogen) atoms. The lowest BCUT2D eigenvalue weighted by atomic mass is 10.1. The molecular formula is C19H25F3N6O4. The van der Waals surface area contributed by atoms with Crippen LogP contribution >= 0.6 is 0 Å². The molecule has 0 saturated carbocycles. The van der Waals surface area contributed by atoms with Crippen molar-refractivity contribution in [3.63, 3.8) is 0 Å². The highest BCUT2D eigenvalue weighted by Crippen LogP contribution is 2.34. The normalized spacial score (nSPS) is 20.9. The summed E-state index contributed by atoms with van der Waals surface area (Å²) >= 11 is 0. The van der Waals surface area contributed by atoms with Crippen molar-refractivity contribution < 1.29 is 23.0 Å². The van der Waals surface area contributed by atoms with E-state index >= 15 is 0 Å². The molecule has 0 unspecified atom stereocenters. The van der Waals surface area contributed by atoms with Gasteiger partial charge in [-0.1, -0.05) is 0 Å². The van der Waals surface area contributed by atoms with E-state index in [0.717, 1.165) is 4.90 Å². The number of rotatable bonds is 3. The fourth-order valence-electron chi connectivity index (χ4n) is 3.68. The van der Waals surface area contributed by atoms with Crippen LogP contribution in [0.15, 0.2) is 34.2 Å². The fourth-order valence-corrected chi connectivity index (χ4v) is 3.68. The second-order valence-electron chi connectivity index (χ2n) is 7.39. The van der Waals surface area contributed by atoms with Gasteiger partial charge in [0.15, 0.2) is 0 Å². The average molecular weight is 458 g/mol. The summed E-state index contributed by atoms with van der Waals surface area (Å²) in [6, 6.07) is 0.928. The second kappa shape index (κ2) is 10.1. The zero-order valence-electron chi connectivity index (χ0n) is 17.5. The lowest BCUT2D eigenvalue weighted by Crippen LogP contribution is -2.53. The lowest BCUT2D eigenvalue weighted by molar-refractivity contribution is -0.152. The molecule has 10 nitrogen and oxygen atoms in total. The fraction of sp³-hybridized carbons (Fsp3) is 0.579. The molecule has 1 saturated heterocycles. The Morgan fingerprint density at radius 2 is 2.09 bits per heavy atom. The van der Waals surface area contributed by atoms with Crippen LogP contribution in [0.1, 0.15) is 13.3 Å².